The van der Waals surface area contributed by atoms with E-state index in [0.29, 0.717) is 5.69 Å². The minimum Gasteiger partial charge on any atom is -0.512 e. The van der Waals surface area contributed by atoms with Gasteiger partial charge in [-0.1, -0.05) is 17.7 Å². The Labute approximate surface area is 134 Å². The van der Waals surface area contributed by atoms with Gasteiger partial charge in [0.15, 0.2) is 5.78 Å². The van der Waals surface area contributed by atoms with Gasteiger partial charge in [0.1, 0.15) is 5.76 Å². The molecule has 1 aromatic rings. The van der Waals surface area contributed by atoms with Gasteiger partial charge in [0.2, 0.25) is 0 Å². The van der Waals surface area contributed by atoms with Crippen LogP contribution in [0.5, 0.6) is 0 Å². The zero-order chi connectivity index (χ0) is 16.9. The molecule has 0 aliphatic rings. The van der Waals surface area contributed by atoms with E-state index in [1.165, 1.54) is 26.1 Å². The van der Waals surface area contributed by atoms with Gasteiger partial charge in [-0.15, -0.1) is 0 Å². The Bertz CT molecular complexity index is 644. The maximum atomic E-state index is 11.9. The SMILES string of the molecule is CC(=O)C(C=Nc1cccc(C(=O)OC(C)C)c1Cl)=C(C)O. The van der Waals surface area contributed by atoms with Crippen LogP contribution in [0.15, 0.2) is 34.5 Å². The summed E-state index contributed by atoms with van der Waals surface area (Å²) in [5, 5.41) is 9.56. The zero-order valence-corrected chi connectivity index (χ0v) is 13.6. The van der Waals surface area contributed by atoms with Crippen molar-refractivity contribution in [3.8, 4) is 0 Å². The van der Waals surface area contributed by atoms with Crippen molar-refractivity contribution in [2.75, 3.05) is 0 Å². The van der Waals surface area contributed by atoms with Gasteiger partial charge >= 0.3 is 5.97 Å². The van der Waals surface area contributed by atoms with Crippen molar-refractivity contribution in [2.45, 2.75) is 33.8 Å². The molecule has 0 aliphatic heterocycles. The molecule has 0 bridgehead atoms. The van der Waals surface area contributed by atoms with Gasteiger partial charge in [0.05, 0.1) is 28.0 Å². The maximum Gasteiger partial charge on any atom is 0.339 e. The molecule has 0 radical (unpaired) electrons. The van der Waals surface area contributed by atoms with Crippen LogP contribution in [-0.2, 0) is 9.53 Å². The molecule has 0 aliphatic carbocycles. The van der Waals surface area contributed by atoms with Crippen molar-refractivity contribution in [3.05, 3.63) is 40.1 Å². The van der Waals surface area contributed by atoms with Crippen molar-refractivity contribution in [2.24, 2.45) is 4.99 Å². The van der Waals surface area contributed by atoms with Gasteiger partial charge in [-0.2, -0.15) is 0 Å². The number of rotatable bonds is 5. The van der Waals surface area contributed by atoms with Gasteiger partial charge < -0.3 is 9.84 Å². The molecule has 0 aromatic heterocycles. The first-order valence-electron chi connectivity index (χ1n) is 6.68. The number of aliphatic hydroxyl groups excluding tert-OH is 1. The predicted octanol–water partition coefficient (Wildman–Crippen LogP) is 4.03. The highest BCUT2D eigenvalue weighted by Gasteiger charge is 2.15. The Morgan fingerprint density at radius 1 is 1.32 bits per heavy atom. The lowest BCUT2D eigenvalue weighted by Gasteiger charge is -2.10. The predicted molar refractivity (Wildman–Crippen MR) is 86.2 cm³/mol. The fourth-order valence-corrected chi connectivity index (χ4v) is 1.88. The molecule has 6 heteroatoms. The van der Waals surface area contributed by atoms with Crippen LogP contribution < -0.4 is 0 Å². The van der Waals surface area contributed by atoms with Crippen LogP contribution in [0.2, 0.25) is 5.02 Å². The van der Waals surface area contributed by atoms with Crippen molar-refractivity contribution >= 4 is 35.3 Å². The molecule has 1 N–H and O–H groups in total. The van der Waals surface area contributed by atoms with Crippen LogP contribution >= 0.6 is 11.6 Å². The monoisotopic (exact) mass is 323 g/mol. The third-order valence-electron chi connectivity index (χ3n) is 2.64. The smallest absolute Gasteiger partial charge is 0.339 e. The highest BCUT2D eigenvalue weighted by Crippen LogP contribution is 2.29. The van der Waals surface area contributed by atoms with E-state index in [-0.39, 0.29) is 33.8 Å². The van der Waals surface area contributed by atoms with Crippen LogP contribution in [0.1, 0.15) is 38.1 Å². The maximum absolute atomic E-state index is 11.9. The lowest BCUT2D eigenvalue weighted by atomic mass is 10.1. The molecular weight excluding hydrogens is 306 g/mol. The number of hydrogen-bond acceptors (Lipinski definition) is 5. The quantitative estimate of drug-likeness (QED) is 0.384. The highest BCUT2D eigenvalue weighted by molar-refractivity contribution is 6.36. The summed E-state index contributed by atoms with van der Waals surface area (Å²) in [7, 11) is 0. The summed E-state index contributed by atoms with van der Waals surface area (Å²) in [4.78, 5) is 27.4. The van der Waals surface area contributed by atoms with Gasteiger partial charge in [-0.05, 0) is 39.8 Å². The zero-order valence-electron chi connectivity index (χ0n) is 12.9. The molecule has 0 fully saturated rings. The number of nitrogens with zero attached hydrogens (tertiary/aromatic N) is 1. The average Bonchev–Trinajstić information content (AvgIpc) is 2.38. The molecule has 0 amide bonds. The minimum absolute atomic E-state index is 0.0752. The van der Waals surface area contributed by atoms with Gasteiger partial charge in [-0.3, -0.25) is 9.79 Å². The third kappa shape index (κ3) is 4.70. The Morgan fingerprint density at radius 2 is 1.95 bits per heavy atom. The van der Waals surface area contributed by atoms with Crippen LogP contribution in [-0.4, -0.2) is 29.2 Å². The summed E-state index contributed by atoms with van der Waals surface area (Å²) in [5.41, 5.74) is 0.574. The first kappa shape index (κ1) is 17.9. The van der Waals surface area contributed by atoms with Gasteiger partial charge in [-0.25, -0.2) is 4.79 Å². The topological polar surface area (TPSA) is 76.0 Å². The van der Waals surface area contributed by atoms with Gasteiger partial charge in [0, 0.05) is 6.21 Å². The summed E-state index contributed by atoms with van der Waals surface area (Å²) in [5.74, 6) is -1.00. The number of esters is 1. The second-order valence-corrected chi connectivity index (χ2v) is 5.28. The standard InChI is InChI=1S/C16H18ClNO4/c1-9(2)22-16(21)12-6-5-7-14(15(12)17)18-8-13(10(3)19)11(4)20/h5-9,19H,1-4H3. The molecule has 0 atom stereocenters. The van der Waals surface area contributed by atoms with Crippen molar-refractivity contribution in [3.63, 3.8) is 0 Å². The number of ether oxygens (including phenoxy) is 1. The Balaban J connectivity index is 3.16. The van der Waals surface area contributed by atoms with E-state index in [0.717, 1.165) is 0 Å². The van der Waals surface area contributed by atoms with E-state index in [1.807, 2.05) is 0 Å². The van der Waals surface area contributed by atoms with E-state index in [2.05, 4.69) is 4.99 Å². The van der Waals surface area contributed by atoms with E-state index < -0.39 is 5.97 Å². The lowest BCUT2D eigenvalue weighted by Crippen LogP contribution is -2.12. The van der Waals surface area contributed by atoms with Crippen LogP contribution in [0.25, 0.3) is 0 Å². The Morgan fingerprint density at radius 3 is 2.45 bits per heavy atom. The van der Waals surface area contributed by atoms with Crippen molar-refractivity contribution in [1.29, 1.82) is 0 Å². The molecule has 1 aromatic carbocycles. The first-order chi connectivity index (χ1) is 10.2. The number of carbonyl (C=O) groups is 2. The number of benzene rings is 1. The number of hydrogen-bond donors (Lipinski definition) is 1. The fraction of sp³-hybridized carbons (Fsp3) is 0.312. The molecule has 0 saturated carbocycles. The number of halogens is 1. The number of Topliss-reactive ketones (excluding diaryl/α,β-unsaturated/α-hetero) is 1. The fourth-order valence-electron chi connectivity index (χ4n) is 1.63. The lowest BCUT2D eigenvalue weighted by molar-refractivity contribution is -0.113. The van der Waals surface area contributed by atoms with E-state index in [4.69, 9.17) is 16.3 Å². The van der Waals surface area contributed by atoms with Crippen molar-refractivity contribution in [1.82, 2.24) is 0 Å². The minimum atomic E-state index is -0.544. The second-order valence-electron chi connectivity index (χ2n) is 4.91. The Hall–Kier alpha value is -2.14. The Kier molecular flexibility index (Phi) is 6.31. The number of ketones is 1. The van der Waals surface area contributed by atoms with E-state index in [9.17, 15) is 14.7 Å². The number of aliphatic imine (C=N–C) groups is 1. The van der Waals surface area contributed by atoms with E-state index >= 15 is 0 Å². The summed E-state index contributed by atoms with van der Waals surface area (Å²) in [6, 6.07) is 4.74. The molecule has 0 spiro atoms. The summed E-state index contributed by atoms with van der Waals surface area (Å²) < 4.78 is 5.10. The molecule has 0 unspecified atom stereocenters. The van der Waals surface area contributed by atoms with Crippen molar-refractivity contribution < 1.29 is 19.4 Å². The summed E-state index contributed by atoms with van der Waals surface area (Å²) >= 11 is 6.15. The molecule has 0 heterocycles. The first-order valence-corrected chi connectivity index (χ1v) is 7.06. The average molecular weight is 324 g/mol. The number of allylic oxidation sites excluding steroid dienone is 2. The van der Waals surface area contributed by atoms with Crippen LogP contribution in [0.4, 0.5) is 5.69 Å². The van der Waals surface area contributed by atoms with E-state index in [1.54, 1.807) is 26.0 Å². The van der Waals surface area contributed by atoms with Crippen LogP contribution in [0, 0.1) is 0 Å². The summed E-state index contributed by atoms with van der Waals surface area (Å²) in [6.45, 7) is 6.18. The number of aliphatic hydroxyl groups is 1. The molecule has 1 rings (SSSR count). The normalized spacial score (nSPS) is 12.5. The van der Waals surface area contributed by atoms with Gasteiger partial charge in [0.25, 0.3) is 0 Å². The second kappa shape index (κ2) is 7.75. The molecule has 0 saturated heterocycles. The largest absolute Gasteiger partial charge is 0.512 e. The highest BCUT2D eigenvalue weighted by atomic mass is 35.5. The molecule has 22 heavy (non-hydrogen) atoms. The molecule has 118 valence electrons. The number of carbonyl (C=O) groups excluding carboxylic acids is 2. The summed E-state index contributed by atoms with van der Waals surface area (Å²) in [6.07, 6.45) is 0.955. The third-order valence-corrected chi connectivity index (χ3v) is 3.04. The molecular formula is C16H18ClNO4. The molecule has 5 nitrogen and oxygen atoms in total. The van der Waals surface area contributed by atoms with Crippen LogP contribution in [0.3, 0.4) is 0 Å².